The van der Waals surface area contributed by atoms with Crippen LogP contribution < -0.4 is 0 Å². The van der Waals surface area contributed by atoms with Gasteiger partial charge in [-0.15, -0.1) is 0 Å². The minimum absolute atomic E-state index is 0.331. The van der Waals surface area contributed by atoms with E-state index in [-0.39, 0.29) is 0 Å². The Morgan fingerprint density at radius 1 is 1.27 bits per heavy atom. The molecule has 80 valence electrons. The van der Waals surface area contributed by atoms with Crippen LogP contribution in [0.2, 0.25) is 0 Å². The third-order valence-electron chi connectivity index (χ3n) is 3.13. The number of benzene rings is 1. The molecule has 0 heterocycles. The number of Topliss-reactive ketones (excluding diaryl/α,β-unsaturated/α-hetero) is 1. The Hall–Kier alpha value is -0.630. The minimum atomic E-state index is 0.331. The van der Waals surface area contributed by atoms with E-state index in [2.05, 4.69) is 15.9 Å². The van der Waals surface area contributed by atoms with Crippen molar-refractivity contribution >= 4 is 21.7 Å². The maximum absolute atomic E-state index is 11.9. The zero-order valence-corrected chi connectivity index (χ0v) is 10.3. The van der Waals surface area contributed by atoms with Crippen molar-refractivity contribution in [3.05, 3.63) is 34.3 Å². The van der Waals surface area contributed by atoms with Gasteiger partial charge in [0.25, 0.3) is 0 Å². The molecule has 1 fully saturated rings. The van der Waals surface area contributed by atoms with E-state index in [9.17, 15) is 4.79 Å². The third-order valence-corrected chi connectivity index (χ3v) is 3.91. The molecular weight excluding hydrogens is 252 g/mol. The monoisotopic (exact) mass is 266 g/mol. The van der Waals surface area contributed by atoms with E-state index in [1.165, 1.54) is 12.8 Å². The van der Waals surface area contributed by atoms with Gasteiger partial charge in [-0.05, 0) is 24.5 Å². The first-order chi connectivity index (χ1) is 7.27. The highest BCUT2D eigenvalue weighted by molar-refractivity contribution is 9.10. The summed E-state index contributed by atoms with van der Waals surface area (Å²) in [6, 6.07) is 7.99. The second-order valence-corrected chi connectivity index (χ2v) is 5.07. The fraction of sp³-hybridized carbons (Fsp3) is 0.462. The largest absolute Gasteiger partial charge is 0.299 e. The number of halogens is 1. The molecule has 2 rings (SSSR count). The van der Waals surface area contributed by atoms with Crippen LogP contribution >= 0.6 is 15.9 Å². The molecule has 0 N–H and O–H groups in total. The topological polar surface area (TPSA) is 17.1 Å². The number of carbonyl (C=O) groups is 1. The Labute approximate surface area is 99.0 Å². The molecule has 15 heavy (non-hydrogen) atoms. The molecule has 0 unspecified atom stereocenters. The van der Waals surface area contributed by atoms with Gasteiger partial charge in [0.05, 0.1) is 0 Å². The summed E-state index contributed by atoms with van der Waals surface area (Å²) in [5, 5.41) is 0. The second-order valence-electron chi connectivity index (χ2n) is 4.22. The third kappa shape index (κ3) is 2.69. The molecule has 1 nitrogen and oxygen atoms in total. The molecule has 0 radical (unpaired) electrons. The van der Waals surface area contributed by atoms with Gasteiger partial charge < -0.3 is 0 Å². The zero-order chi connectivity index (χ0) is 10.7. The van der Waals surface area contributed by atoms with Crippen LogP contribution in [0.4, 0.5) is 0 Å². The normalized spacial score (nSPS) is 16.9. The lowest BCUT2D eigenvalue weighted by Gasteiger charge is -2.08. The quantitative estimate of drug-likeness (QED) is 0.815. The first-order valence-corrected chi connectivity index (χ1v) is 6.33. The van der Waals surface area contributed by atoms with Crippen LogP contribution in [-0.2, 0) is 11.2 Å². The number of hydrogen-bond acceptors (Lipinski definition) is 1. The summed E-state index contributed by atoms with van der Waals surface area (Å²) in [7, 11) is 0. The second kappa shape index (κ2) is 4.93. The number of hydrogen-bond donors (Lipinski definition) is 0. The number of carbonyl (C=O) groups excluding carboxylic acids is 1. The number of rotatable bonds is 3. The van der Waals surface area contributed by atoms with E-state index in [1.54, 1.807) is 0 Å². The molecule has 0 amide bonds. The first-order valence-electron chi connectivity index (χ1n) is 5.53. The number of ketones is 1. The molecule has 1 saturated carbocycles. The zero-order valence-electron chi connectivity index (χ0n) is 8.71. The Bertz CT molecular complexity index is 353. The van der Waals surface area contributed by atoms with E-state index in [0.29, 0.717) is 18.1 Å². The summed E-state index contributed by atoms with van der Waals surface area (Å²) in [4.78, 5) is 11.9. The summed E-state index contributed by atoms with van der Waals surface area (Å²) < 4.78 is 1.05. The van der Waals surface area contributed by atoms with Crippen molar-refractivity contribution in [2.24, 2.45) is 5.92 Å². The SMILES string of the molecule is O=C(Cc1ccccc1Br)C1CCCC1. The highest BCUT2D eigenvalue weighted by Gasteiger charge is 2.22. The molecule has 0 aromatic heterocycles. The van der Waals surface area contributed by atoms with Crippen LogP contribution in [0.15, 0.2) is 28.7 Å². The van der Waals surface area contributed by atoms with E-state index in [1.807, 2.05) is 24.3 Å². The Morgan fingerprint density at radius 2 is 1.93 bits per heavy atom. The molecule has 0 bridgehead atoms. The molecule has 0 spiro atoms. The van der Waals surface area contributed by atoms with Crippen LogP contribution in [0.5, 0.6) is 0 Å². The van der Waals surface area contributed by atoms with Crippen LogP contribution in [0.3, 0.4) is 0 Å². The van der Waals surface area contributed by atoms with Gasteiger partial charge in [-0.25, -0.2) is 0 Å². The van der Waals surface area contributed by atoms with Gasteiger partial charge in [0.2, 0.25) is 0 Å². The Morgan fingerprint density at radius 3 is 2.60 bits per heavy atom. The van der Waals surface area contributed by atoms with Crippen molar-refractivity contribution in [2.75, 3.05) is 0 Å². The van der Waals surface area contributed by atoms with Crippen LogP contribution in [0, 0.1) is 5.92 Å². The molecule has 0 atom stereocenters. The lowest BCUT2D eigenvalue weighted by molar-refractivity contribution is -0.122. The van der Waals surface area contributed by atoms with Crippen molar-refractivity contribution in [1.82, 2.24) is 0 Å². The molecular formula is C13H15BrO. The van der Waals surface area contributed by atoms with Gasteiger partial charge in [-0.2, -0.15) is 0 Å². The molecule has 0 saturated heterocycles. The lowest BCUT2D eigenvalue weighted by atomic mass is 9.97. The van der Waals surface area contributed by atoms with Gasteiger partial charge in [0.1, 0.15) is 5.78 Å². The van der Waals surface area contributed by atoms with E-state index in [0.717, 1.165) is 22.9 Å². The smallest absolute Gasteiger partial charge is 0.140 e. The molecule has 1 aromatic rings. The predicted octanol–water partition coefficient (Wildman–Crippen LogP) is 3.75. The Kier molecular flexibility index (Phi) is 3.57. The van der Waals surface area contributed by atoms with Crippen molar-refractivity contribution < 1.29 is 4.79 Å². The van der Waals surface area contributed by atoms with Crippen molar-refractivity contribution in [3.63, 3.8) is 0 Å². The highest BCUT2D eigenvalue weighted by atomic mass is 79.9. The van der Waals surface area contributed by atoms with Crippen LogP contribution in [-0.4, -0.2) is 5.78 Å². The van der Waals surface area contributed by atoms with Gasteiger partial charge in [0, 0.05) is 16.8 Å². The van der Waals surface area contributed by atoms with Gasteiger partial charge >= 0.3 is 0 Å². The molecule has 1 aliphatic carbocycles. The standard InChI is InChI=1S/C13H15BrO/c14-12-8-4-3-7-11(12)9-13(15)10-5-1-2-6-10/h3-4,7-8,10H,1-2,5-6,9H2. The van der Waals surface area contributed by atoms with Gasteiger partial charge in [-0.3, -0.25) is 4.79 Å². The summed E-state index contributed by atoms with van der Waals surface area (Å²) in [5.74, 6) is 0.747. The molecule has 1 aliphatic rings. The summed E-state index contributed by atoms with van der Waals surface area (Å²) in [6.07, 6.45) is 5.25. The summed E-state index contributed by atoms with van der Waals surface area (Å²) in [6.45, 7) is 0. The van der Waals surface area contributed by atoms with Crippen LogP contribution in [0.1, 0.15) is 31.2 Å². The average molecular weight is 267 g/mol. The highest BCUT2D eigenvalue weighted by Crippen LogP contribution is 2.27. The maximum atomic E-state index is 11.9. The van der Waals surface area contributed by atoms with E-state index < -0.39 is 0 Å². The molecule has 2 heteroatoms. The predicted molar refractivity (Wildman–Crippen MR) is 64.8 cm³/mol. The van der Waals surface area contributed by atoms with Crippen LogP contribution in [0.25, 0.3) is 0 Å². The molecule has 1 aromatic carbocycles. The van der Waals surface area contributed by atoms with Gasteiger partial charge in [-0.1, -0.05) is 47.0 Å². The fourth-order valence-corrected chi connectivity index (χ4v) is 2.65. The van der Waals surface area contributed by atoms with Crippen molar-refractivity contribution in [1.29, 1.82) is 0 Å². The van der Waals surface area contributed by atoms with Crippen molar-refractivity contribution in [3.8, 4) is 0 Å². The van der Waals surface area contributed by atoms with Crippen molar-refractivity contribution in [2.45, 2.75) is 32.1 Å². The average Bonchev–Trinajstić information content (AvgIpc) is 2.74. The van der Waals surface area contributed by atoms with E-state index in [4.69, 9.17) is 0 Å². The summed E-state index contributed by atoms with van der Waals surface area (Å²) in [5.41, 5.74) is 1.12. The van der Waals surface area contributed by atoms with Gasteiger partial charge in [0.15, 0.2) is 0 Å². The minimum Gasteiger partial charge on any atom is -0.299 e. The summed E-state index contributed by atoms with van der Waals surface area (Å²) >= 11 is 3.48. The molecule has 0 aliphatic heterocycles. The maximum Gasteiger partial charge on any atom is 0.140 e. The Balaban J connectivity index is 2.02. The van der Waals surface area contributed by atoms with E-state index >= 15 is 0 Å². The fourth-order valence-electron chi connectivity index (χ4n) is 2.22. The lowest BCUT2D eigenvalue weighted by Crippen LogP contribution is -2.13. The first kappa shape index (κ1) is 10.9.